The number of hydrogen-bond acceptors (Lipinski definition) is 3. The van der Waals surface area contributed by atoms with Crippen molar-refractivity contribution < 1.29 is 4.42 Å². The summed E-state index contributed by atoms with van der Waals surface area (Å²) in [5.74, 6) is 1.00. The Morgan fingerprint density at radius 2 is 2.11 bits per heavy atom. The van der Waals surface area contributed by atoms with Gasteiger partial charge in [0.2, 0.25) is 0 Å². The van der Waals surface area contributed by atoms with E-state index in [9.17, 15) is 0 Å². The molecule has 0 saturated heterocycles. The third kappa shape index (κ3) is 4.08. The fourth-order valence-corrected chi connectivity index (χ4v) is 2.15. The Bertz CT molecular complexity index is 518. The lowest BCUT2D eigenvalue weighted by Gasteiger charge is -2.13. The van der Waals surface area contributed by atoms with Gasteiger partial charge in [-0.1, -0.05) is 18.6 Å². The molecule has 1 aromatic carbocycles. The Hall–Kier alpha value is -1.32. The molecule has 19 heavy (non-hydrogen) atoms. The van der Waals surface area contributed by atoms with E-state index in [0.717, 1.165) is 31.0 Å². The van der Waals surface area contributed by atoms with Gasteiger partial charge in [0, 0.05) is 18.0 Å². The summed E-state index contributed by atoms with van der Waals surface area (Å²) in [7, 11) is 0. The van der Waals surface area contributed by atoms with Crippen molar-refractivity contribution in [2.45, 2.75) is 39.8 Å². The molecule has 2 rings (SSSR count). The van der Waals surface area contributed by atoms with Crippen LogP contribution in [0, 0.1) is 6.92 Å². The van der Waals surface area contributed by atoms with Crippen molar-refractivity contribution >= 4 is 11.0 Å². The second-order valence-corrected chi connectivity index (χ2v) is 5.24. The van der Waals surface area contributed by atoms with E-state index in [1.165, 1.54) is 17.4 Å². The van der Waals surface area contributed by atoms with Crippen LogP contribution in [-0.4, -0.2) is 19.1 Å². The van der Waals surface area contributed by atoms with Crippen LogP contribution in [0.4, 0.5) is 0 Å². The van der Waals surface area contributed by atoms with E-state index in [1.807, 2.05) is 6.07 Å². The highest BCUT2D eigenvalue weighted by Crippen LogP contribution is 2.20. The Kier molecular flexibility index (Phi) is 5.00. The zero-order valence-electron chi connectivity index (χ0n) is 12.1. The van der Waals surface area contributed by atoms with Gasteiger partial charge in [0.25, 0.3) is 0 Å². The van der Waals surface area contributed by atoms with Crippen LogP contribution in [0.5, 0.6) is 0 Å². The Morgan fingerprint density at radius 1 is 1.26 bits per heavy atom. The molecule has 0 bridgehead atoms. The fraction of sp³-hybridized carbons (Fsp3) is 0.500. The molecule has 0 fully saturated rings. The molecule has 104 valence electrons. The summed E-state index contributed by atoms with van der Waals surface area (Å²) in [4.78, 5) is 0. The molecule has 2 N–H and O–H groups in total. The maximum atomic E-state index is 5.82. The maximum absolute atomic E-state index is 5.82. The van der Waals surface area contributed by atoms with Crippen LogP contribution in [0.15, 0.2) is 28.7 Å². The monoisotopic (exact) mass is 260 g/mol. The minimum atomic E-state index is 0.446. The predicted molar refractivity (Wildman–Crippen MR) is 80.4 cm³/mol. The highest BCUT2D eigenvalue weighted by molar-refractivity contribution is 5.78. The molecule has 0 aliphatic rings. The van der Waals surface area contributed by atoms with Crippen molar-refractivity contribution in [2.24, 2.45) is 0 Å². The zero-order chi connectivity index (χ0) is 13.7. The normalized spacial score (nSPS) is 13.0. The molecule has 1 unspecified atom stereocenters. The lowest BCUT2D eigenvalue weighted by Crippen LogP contribution is -2.36. The van der Waals surface area contributed by atoms with Crippen LogP contribution in [0.3, 0.4) is 0 Å². The van der Waals surface area contributed by atoms with E-state index in [4.69, 9.17) is 4.42 Å². The first-order chi connectivity index (χ1) is 9.19. The van der Waals surface area contributed by atoms with Crippen molar-refractivity contribution in [1.82, 2.24) is 10.6 Å². The zero-order valence-corrected chi connectivity index (χ0v) is 12.1. The van der Waals surface area contributed by atoms with Crippen molar-refractivity contribution in [3.8, 4) is 0 Å². The van der Waals surface area contributed by atoms with E-state index in [0.29, 0.717) is 6.04 Å². The van der Waals surface area contributed by atoms with Crippen molar-refractivity contribution in [1.29, 1.82) is 0 Å². The third-order valence-electron chi connectivity index (χ3n) is 3.22. The Morgan fingerprint density at radius 3 is 2.89 bits per heavy atom. The number of nitrogens with one attached hydrogen (secondary N) is 2. The summed E-state index contributed by atoms with van der Waals surface area (Å²) in [6.45, 7) is 9.33. The van der Waals surface area contributed by atoms with Gasteiger partial charge in [-0.15, -0.1) is 0 Å². The van der Waals surface area contributed by atoms with Crippen LogP contribution in [0.2, 0.25) is 0 Å². The van der Waals surface area contributed by atoms with Crippen LogP contribution in [0.1, 0.15) is 31.6 Å². The van der Waals surface area contributed by atoms with Crippen molar-refractivity contribution in [3.05, 3.63) is 35.6 Å². The summed E-state index contributed by atoms with van der Waals surface area (Å²) in [5.41, 5.74) is 2.24. The minimum absolute atomic E-state index is 0.446. The van der Waals surface area contributed by atoms with Crippen LogP contribution >= 0.6 is 0 Å². The first-order valence-corrected chi connectivity index (χ1v) is 7.12. The molecule has 3 heteroatoms. The Labute approximate surface area is 115 Å². The van der Waals surface area contributed by atoms with Gasteiger partial charge in [-0.05, 0) is 45.0 Å². The molecular formula is C16H24N2O. The van der Waals surface area contributed by atoms with Crippen LogP contribution < -0.4 is 10.6 Å². The van der Waals surface area contributed by atoms with E-state index in [1.54, 1.807) is 0 Å². The van der Waals surface area contributed by atoms with Crippen LogP contribution in [0.25, 0.3) is 11.0 Å². The quantitative estimate of drug-likeness (QED) is 0.751. The fourth-order valence-electron chi connectivity index (χ4n) is 2.15. The molecule has 0 radical (unpaired) electrons. The van der Waals surface area contributed by atoms with Crippen molar-refractivity contribution in [2.75, 3.05) is 13.1 Å². The molecule has 0 saturated carbocycles. The van der Waals surface area contributed by atoms with Gasteiger partial charge in [-0.2, -0.15) is 0 Å². The topological polar surface area (TPSA) is 37.2 Å². The maximum Gasteiger partial charge on any atom is 0.134 e. The van der Waals surface area contributed by atoms with Gasteiger partial charge < -0.3 is 15.1 Å². The second kappa shape index (κ2) is 6.73. The summed E-state index contributed by atoms with van der Waals surface area (Å²) in [5, 5.41) is 8.08. The van der Waals surface area contributed by atoms with Gasteiger partial charge in [-0.3, -0.25) is 0 Å². The first-order valence-electron chi connectivity index (χ1n) is 7.12. The molecule has 1 heterocycles. The average Bonchev–Trinajstić information content (AvgIpc) is 2.78. The second-order valence-electron chi connectivity index (χ2n) is 5.24. The van der Waals surface area contributed by atoms with Gasteiger partial charge in [-0.25, -0.2) is 0 Å². The number of rotatable bonds is 7. The van der Waals surface area contributed by atoms with Crippen molar-refractivity contribution in [3.63, 3.8) is 0 Å². The molecule has 0 aliphatic carbocycles. The molecule has 3 nitrogen and oxygen atoms in total. The number of hydrogen-bond donors (Lipinski definition) is 2. The lowest BCUT2D eigenvalue weighted by atomic mass is 10.2. The molecule has 0 amide bonds. The number of aryl methyl sites for hydroxylation is 1. The Balaban J connectivity index is 1.87. The van der Waals surface area contributed by atoms with E-state index < -0.39 is 0 Å². The number of furan rings is 1. The standard InChI is InChI=1S/C16H24N2O/c1-4-7-17-10-13(3)18-11-15-9-14-8-12(2)5-6-16(14)19-15/h5-6,8-9,13,17-18H,4,7,10-11H2,1-3H3. The summed E-state index contributed by atoms with van der Waals surface area (Å²) in [6.07, 6.45) is 1.18. The molecule has 0 spiro atoms. The van der Waals surface area contributed by atoms with Gasteiger partial charge in [0.1, 0.15) is 11.3 Å². The summed E-state index contributed by atoms with van der Waals surface area (Å²) < 4.78 is 5.82. The first kappa shape index (κ1) is 14.1. The van der Waals surface area contributed by atoms with E-state index in [-0.39, 0.29) is 0 Å². The predicted octanol–water partition coefficient (Wildman–Crippen LogP) is 3.22. The van der Waals surface area contributed by atoms with Gasteiger partial charge in [0.05, 0.1) is 6.54 Å². The molecule has 1 aromatic heterocycles. The summed E-state index contributed by atoms with van der Waals surface area (Å²) in [6, 6.07) is 8.86. The highest BCUT2D eigenvalue weighted by atomic mass is 16.3. The SMILES string of the molecule is CCCNCC(C)NCc1cc2cc(C)ccc2o1. The molecule has 2 aromatic rings. The number of benzene rings is 1. The smallest absolute Gasteiger partial charge is 0.134 e. The van der Waals surface area contributed by atoms with Gasteiger partial charge >= 0.3 is 0 Å². The lowest BCUT2D eigenvalue weighted by molar-refractivity contribution is 0.456. The highest BCUT2D eigenvalue weighted by Gasteiger charge is 2.06. The minimum Gasteiger partial charge on any atom is -0.460 e. The number of fused-ring (bicyclic) bond motifs is 1. The third-order valence-corrected chi connectivity index (χ3v) is 3.22. The molecule has 0 aliphatic heterocycles. The van der Waals surface area contributed by atoms with E-state index in [2.05, 4.69) is 49.6 Å². The average molecular weight is 260 g/mol. The molecule has 1 atom stereocenters. The van der Waals surface area contributed by atoms with E-state index >= 15 is 0 Å². The van der Waals surface area contributed by atoms with Crippen LogP contribution in [-0.2, 0) is 6.54 Å². The summed E-state index contributed by atoms with van der Waals surface area (Å²) >= 11 is 0. The molecular weight excluding hydrogens is 236 g/mol. The largest absolute Gasteiger partial charge is 0.460 e. The van der Waals surface area contributed by atoms with Gasteiger partial charge in [0.15, 0.2) is 0 Å².